The molecule has 0 aliphatic heterocycles. The minimum atomic E-state index is -0.364. The van der Waals surface area contributed by atoms with Gasteiger partial charge in [0.25, 0.3) is 5.91 Å². The van der Waals surface area contributed by atoms with Crippen LogP contribution in [0.5, 0.6) is 0 Å². The summed E-state index contributed by atoms with van der Waals surface area (Å²) in [7, 11) is 0. The summed E-state index contributed by atoms with van der Waals surface area (Å²) in [5.74, 6) is -0.843. The van der Waals surface area contributed by atoms with Crippen LogP contribution in [0, 0.1) is 11.6 Å². The number of amides is 1. The van der Waals surface area contributed by atoms with Gasteiger partial charge in [0.15, 0.2) is 0 Å². The van der Waals surface area contributed by atoms with Gasteiger partial charge in [-0.1, -0.05) is 12.1 Å². The van der Waals surface area contributed by atoms with Crippen molar-refractivity contribution in [1.29, 1.82) is 0 Å². The fourth-order valence-corrected chi connectivity index (χ4v) is 2.47. The Morgan fingerprint density at radius 3 is 2.00 bits per heavy atom. The second-order valence-electron chi connectivity index (χ2n) is 5.48. The summed E-state index contributed by atoms with van der Waals surface area (Å²) in [4.78, 5) is 12.0. The smallest absolute Gasteiger partial charge is 0.251 e. The zero-order valence-corrected chi connectivity index (χ0v) is 11.4. The molecule has 1 amide bonds. The van der Waals surface area contributed by atoms with Gasteiger partial charge in [-0.2, -0.15) is 0 Å². The summed E-state index contributed by atoms with van der Waals surface area (Å²) in [5.41, 5.74) is 1.40. The fraction of sp³-hybridized carbons (Fsp3) is 0.235. The lowest BCUT2D eigenvalue weighted by Crippen LogP contribution is -2.32. The highest BCUT2D eigenvalue weighted by atomic mass is 19.1. The Bertz CT molecular complexity index is 645. The standard InChI is InChI=1S/C17H15F2NO/c18-14-5-1-12(2-6-14)16(21)20-11-17(9-10-17)13-3-7-15(19)8-4-13/h1-8H,9-11H2,(H,20,21). The van der Waals surface area contributed by atoms with Gasteiger partial charge in [-0.25, -0.2) is 8.78 Å². The summed E-state index contributed by atoms with van der Waals surface area (Å²) < 4.78 is 25.8. The van der Waals surface area contributed by atoms with E-state index in [9.17, 15) is 13.6 Å². The van der Waals surface area contributed by atoms with Gasteiger partial charge in [-0.15, -0.1) is 0 Å². The molecule has 0 bridgehead atoms. The number of carbonyl (C=O) groups is 1. The summed E-state index contributed by atoms with van der Waals surface area (Å²) in [6.07, 6.45) is 1.95. The average molecular weight is 287 g/mol. The Morgan fingerprint density at radius 2 is 1.48 bits per heavy atom. The lowest BCUT2D eigenvalue weighted by molar-refractivity contribution is 0.0949. The van der Waals surface area contributed by atoms with E-state index in [-0.39, 0.29) is 23.0 Å². The van der Waals surface area contributed by atoms with Crippen molar-refractivity contribution in [3.63, 3.8) is 0 Å². The number of carbonyl (C=O) groups excluding carboxylic acids is 1. The molecule has 0 radical (unpaired) electrons. The van der Waals surface area contributed by atoms with E-state index in [0.717, 1.165) is 18.4 Å². The average Bonchev–Trinajstić information content (AvgIpc) is 3.27. The van der Waals surface area contributed by atoms with Crippen LogP contribution in [0.2, 0.25) is 0 Å². The Morgan fingerprint density at radius 1 is 0.952 bits per heavy atom. The van der Waals surface area contributed by atoms with Gasteiger partial charge in [0, 0.05) is 17.5 Å². The van der Waals surface area contributed by atoms with E-state index in [1.54, 1.807) is 12.1 Å². The number of rotatable bonds is 4. The highest BCUT2D eigenvalue weighted by Gasteiger charge is 2.44. The molecular weight excluding hydrogens is 272 g/mol. The van der Waals surface area contributed by atoms with E-state index in [1.165, 1.54) is 36.4 Å². The highest BCUT2D eigenvalue weighted by Crippen LogP contribution is 2.47. The monoisotopic (exact) mass is 287 g/mol. The van der Waals surface area contributed by atoms with Crippen LogP contribution in [0.1, 0.15) is 28.8 Å². The van der Waals surface area contributed by atoms with Gasteiger partial charge in [0.05, 0.1) is 0 Å². The summed E-state index contributed by atoms with van der Waals surface area (Å²) in [5, 5.41) is 2.88. The number of hydrogen-bond acceptors (Lipinski definition) is 1. The topological polar surface area (TPSA) is 29.1 Å². The van der Waals surface area contributed by atoms with Crippen LogP contribution in [-0.4, -0.2) is 12.5 Å². The molecule has 0 aromatic heterocycles. The Hall–Kier alpha value is -2.23. The van der Waals surface area contributed by atoms with Crippen molar-refractivity contribution in [1.82, 2.24) is 5.32 Å². The third-order valence-electron chi connectivity index (χ3n) is 4.00. The number of hydrogen-bond donors (Lipinski definition) is 1. The minimum Gasteiger partial charge on any atom is -0.351 e. The third kappa shape index (κ3) is 2.94. The third-order valence-corrected chi connectivity index (χ3v) is 4.00. The molecule has 0 saturated heterocycles. The van der Waals surface area contributed by atoms with Crippen molar-refractivity contribution < 1.29 is 13.6 Å². The molecule has 1 aliphatic rings. The van der Waals surface area contributed by atoms with Crippen molar-refractivity contribution in [2.75, 3.05) is 6.54 Å². The van der Waals surface area contributed by atoms with Gasteiger partial charge < -0.3 is 5.32 Å². The van der Waals surface area contributed by atoms with Crippen molar-refractivity contribution in [3.05, 3.63) is 71.3 Å². The second kappa shape index (κ2) is 5.28. The molecule has 2 aromatic rings. The molecule has 1 fully saturated rings. The maximum atomic E-state index is 13.0. The molecule has 21 heavy (non-hydrogen) atoms. The van der Waals surface area contributed by atoms with E-state index in [1.807, 2.05) is 0 Å². The van der Waals surface area contributed by atoms with E-state index >= 15 is 0 Å². The van der Waals surface area contributed by atoms with Crippen LogP contribution in [-0.2, 0) is 5.41 Å². The quantitative estimate of drug-likeness (QED) is 0.917. The van der Waals surface area contributed by atoms with E-state index in [0.29, 0.717) is 12.1 Å². The van der Waals surface area contributed by atoms with Crippen LogP contribution in [0.25, 0.3) is 0 Å². The molecule has 2 aromatic carbocycles. The molecule has 0 heterocycles. The fourth-order valence-electron chi connectivity index (χ4n) is 2.47. The molecule has 1 saturated carbocycles. The molecule has 1 aliphatic carbocycles. The molecule has 0 unspecified atom stereocenters. The van der Waals surface area contributed by atoms with E-state index < -0.39 is 0 Å². The molecule has 3 rings (SSSR count). The van der Waals surface area contributed by atoms with E-state index in [2.05, 4.69) is 5.32 Å². The molecular formula is C17H15F2NO. The Balaban J connectivity index is 1.66. The lowest BCUT2D eigenvalue weighted by Gasteiger charge is -2.16. The molecule has 2 nitrogen and oxygen atoms in total. The Labute approximate surface area is 121 Å². The zero-order valence-electron chi connectivity index (χ0n) is 11.4. The highest BCUT2D eigenvalue weighted by molar-refractivity contribution is 5.94. The summed E-state index contributed by atoms with van der Waals surface area (Å²) in [6, 6.07) is 11.9. The van der Waals surface area contributed by atoms with Gasteiger partial charge in [0.2, 0.25) is 0 Å². The molecule has 108 valence electrons. The second-order valence-corrected chi connectivity index (χ2v) is 5.48. The maximum Gasteiger partial charge on any atom is 0.251 e. The molecule has 4 heteroatoms. The van der Waals surface area contributed by atoms with Crippen LogP contribution < -0.4 is 5.32 Å². The predicted molar refractivity (Wildman–Crippen MR) is 76.0 cm³/mol. The lowest BCUT2D eigenvalue weighted by atomic mass is 9.96. The number of halogens is 2. The molecule has 1 N–H and O–H groups in total. The van der Waals surface area contributed by atoms with Crippen LogP contribution >= 0.6 is 0 Å². The Kier molecular flexibility index (Phi) is 3.45. The predicted octanol–water partition coefficient (Wildman–Crippen LogP) is 3.43. The first-order chi connectivity index (χ1) is 10.1. The van der Waals surface area contributed by atoms with Crippen molar-refractivity contribution >= 4 is 5.91 Å². The van der Waals surface area contributed by atoms with Crippen molar-refractivity contribution in [3.8, 4) is 0 Å². The van der Waals surface area contributed by atoms with Gasteiger partial charge in [-0.05, 0) is 54.8 Å². The van der Waals surface area contributed by atoms with Crippen LogP contribution in [0.4, 0.5) is 8.78 Å². The maximum absolute atomic E-state index is 13.0. The molecule has 0 spiro atoms. The number of nitrogens with one attached hydrogen (secondary N) is 1. The number of benzene rings is 2. The van der Waals surface area contributed by atoms with E-state index in [4.69, 9.17) is 0 Å². The van der Waals surface area contributed by atoms with Gasteiger partial charge in [0.1, 0.15) is 11.6 Å². The zero-order chi connectivity index (χ0) is 14.9. The first-order valence-corrected chi connectivity index (χ1v) is 6.89. The van der Waals surface area contributed by atoms with Crippen molar-refractivity contribution in [2.24, 2.45) is 0 Å². The SMILES string of the molecule is O=C(NCC1(c2ccc(F)cc2)CC1)c1ccc(F)cc1. The van der Waals surface area contributed by atoms with Gasteiger partial charge >= 0.3 is 0 Å². The summed E-state index contributed by atoms with van der Waals surface area (Å²) in [6.45, 7) is 0.509. The minimum absolute atomic E-state index is 0.0800. The first kappa shape index (κ1) is 13.7. The van der Waals surface area contributed by atoms with Crippen molar-refractivity contribution in [2.45, 2.75) is 18.3 Å². The first-order valence-electron chi connectivity index (χ1n) is 6.89. The molecule has 0 atom stereocenters. The normalized spacial score (nSPS) is 15.5. The van der Waals surface area contributed by atoms with Crippen LogP contribution in [0.3, 0.4) is 0 Å². The van der Waals surface area contributed by atoms with Gasteiger partial charge in [-0.3, -0.25) is 4.79 Å². The largest absolute Gasteiger partial charge is 0.351 e. The van der Waals surface area contributed by atoms with Crippen LogP contribution in [0.15, 0.2) is 48.5 Å². The summed E-state index contributed by atoms with van der Waals surface area (Å²) >= 11 is 0.